The summed E-state index contributed by atoms with van der Waals surface area (Å²) in [5.74, 6) is -0.0677. The number of aryl methyl sites for hydroxylation is 1. The van der Waals surface area contributed by atoms with Gasteiger partial charge in [0.05, 0.1) is 5.57 Å². The number of nitrogens with zero attached hydrogens (tertiary/aromatic N) is 2. The molecule has 0 bridgehead atoms. The molecule has 1 N–H and O–H groups in total. The Balaban J connectivity index is 2.15. The highest BCUT2D eigenvalue weighted by atomic mass is 16.4. The van der Waals surface area contributed by atoms with Gasteiger partial charge in [0, 0.05) is 24.4 Å². The third kappa shape index (κ3) is 5.38. The summed E-state index contributed by atoms with van der Waals surface area (Å²) in [4.78, 5) is 20.2. The van der Waals surface area contributed by atoms with E-state index < -0.39 is 5.97 Å². The van der Waals surface area contributed by atoms with Crippen LogP contribution < -0.4 is 0 Å². The average molecular weight is 336 g/mol. The molecule has 2 rings (SSSR count). The maximum Gasteiger partial charge on any atom is 0.336 e. The van der Waals surface area contributed by atoms with Crippen molar-refractivity contribution in [3.8, 4) is 11.1 Å². The summed E-state index contributed by atoms with van der Waals surface area (Å²) in [7, 11) is 0. The maximum absolute atomic E-state index is 11.4. The van der Waals surface area contributed by atoms with Gasteiger partial charge in [-0.2, -0.15) is 0 Å². The van der Waals surface area contributed by atoms with Crippen LogP contribution in [0.15, 0.2) is 54.9 Å². The third-order valence-corrected chi connectivity index (χ3v) is 3.92. The lowest BCUT2D eigenvalue weighted by Gasteiger charge is -2.06. The summed E-state index contributed by atoms with van der Waals surface area (Å²) in [6.07, 6.45) is 13.2. The predicted molar refractivity (Wildman–Crippen MR) is 101 cm³/mol. The fourth-order valence-corrected chi connectivity index (χ4v) is 2.49. The standard InChI is InChI=1S/C21H24N2O2/c1-3-5-7-9-20-22-14-18(15-23-20)16-10-12-17(13-11-16)19(21(24)25)8-6-4-2/h4,6,8,10-15H,3,5,7,9H2,1-2H3,(H,24,25). The van der Waals surface area contributed by atoms with Crippen molar-refractivity contribution in [2.24, 2.45) is 0 Å². The number of aliphatic carboxylic acids is 1. The summed E-state index contributed by atoms with van der Waals surface area (Å²) >= 11 is 0. The molecule has 4 nitrogen and oxygen atoms in total. The molecule has 130 valence electrons. The number of hydrogen-bond acceptors (Lipinski definition) is 3. The minimum absolute atomic E-state index is 0.271. The number of aromatic nitrogens is 2. The largest absolute Gasteiger partial charge is 0.478 e. The minimum Gasteiger partial charge on any atom is -0.478 e. The van der Waals surface area contributed by atoms with Crippen LogP contribution in [0.1, 0.15) is 44.5 Å². The van der Waals surface area contributed by atoms with Gasteiger partial charge in [0.1, 0.15) is 5.82 Å². The molecule has 25 heavy (non-hydrogen) atoms. The molecule has 0 saturated carbocycles. The van der Waals surface area contributed by atoms with E-state index in [-0.39, 0.29) is 5.57 Å². The molecule has 0 spiro atoms. The number of carboxylic acids is 1. The Morgan fingerprint density at radius 1 is 1.08 bits per heavy atom. The van der Waals surface area contributed by atoms with E-state index in [2.05, 4.69) is 16.9 Å². The van der Waals surface area contributed by atoms with E-state index >= 15 is 0 Å². The summed E-state index contributed by atoms with van der Waals surface area (Å²) in [5.41, 5.74) is 2.85. The van der Waals surface area contributed by atoms with Crippen molar-refractivity contribution in [1.29, 1.82) is 0 Å². The van der Waals surface area contributed by atoms with E-state index in [1.807, 2.05) is 43.6 Å². The molecule has 0 unspecified atom stereocenters. The van der Waals surface area contributed by atoms with Crippen LogP contribution in [0.3, 0.4) is 0 Å². The van der Waals surface area contributed by atoms with Gasteiger partial charge in [-0.05, 0) is 30.5 Å². The van der Waals surface area contributed by atoms with Crippen molar-refractivity contribution in [2.75, 3.05) is 0 Å². The Morgan fingerprint density at radius 2 is 1.76 bits per heavy atom. The molecule has 0 atom stereocenters. The molecule has 0 aliphatic heterocycles. The topological polar surface area (TPSA) is 63.1 Å². The van der Waals surface area contributed by atoms with E-state index in [0.29, 0.717) is 5.56 Å². The lowest BCUT2D eigenvalue weighted by molar-refractivity contribution is -0.130. The van der Waals surface area contributed by atoms with Gasteiger partial charge in [0.15, 0.2) is 0 Å². The maximum atomic E-state index is 11.4. The molecule has 0 aliphatic carbocycles. The average Bonchev–Trinajstić information content (AvgIpc) is 2.63. The fraction of sp³-hybridized carbons (Fsp3) is 0.286. The van der Waals surface area contributed by atoms with E-state index in [9.17, 15) is 9.90 Å². The molecule has 0 radical (unpaired) electrons. The van der Waals surface area contributed by atoms with Crippen LogP contribution in [-0.4, -0.2) is 21.0 Å². The lowest BCUT2D eigenvalue weighted by Crippen LogP contribution is -1.99. The number of benzene rings is 1. The molecule has 1 heterocycles. The summed E-state index contributed by atoms with van der Waals surface area (Å²) in [6.45, 7) is 4.03. The summed E-state index contributed by atoms with van der Waals surface area (Å²) in [5, 5.41) is 9.34. The van der Waals surface area contributed by atoms with E-state index in [1.165, 1.54) is 12.8 Å². The van der Waals surface area contributed by atoms with Crippen LogP contribution in [0.25, 0.3) is 16.7 Å². The van der Waals surface area contributed by atoms with Gasteiger partial charge in [-0.1, -0.05) is 56.2 Å². The normalized spacial score (nSPS) is 11.8. The highest BCUT2D eigenvalue weighted by molar-refractivity contribution is 6.15. The van der Waals surface area contributed by atoms with Crippen molar-refractivity contribution in [2.45, 2.75) is 39.5 Å². The number of carboxylic acid groups (broad SMARTS) is 1. The monoisotopic (exact) mass is 336 g/mol. The van der Waals surface area contributed by atoms with Crippen LogP contribution in [-0.2, 0) is 11.2 Å². The van der Waals surface area contributed by atoms with E-state index in [1.54, 1.807) is 18.2 Å². The highest BCUT2D eigenvalue weighted by Gasteiger charge is 2.09. The Hall–Kier alpha value is -2.75. The molecule has 0 saturated heterocycles. The zero-order chi connectivity index (χ0) is 18.1. The van der Waals surface area contributed by atoms with Gasteiger partial charge < -0.3 is 5.11 Å². The first-order valence-electron chi connectivity index (χ1n) is 8.63. The minimum atomic E-state index is -0.939. The molecule has 1 aromatic carbocycles. The molecule has 0 amide bonds. The Kier molecular flexibility index (Phi) is 7.08. The fourth-order valence-electron chi connectivity index (χ4n) is 2.49. The quantitative estimate of drug-likeness (QED) is 0.422. The zero-order valence-electron chi connectivity index (χ0n) is 14.8. The van der Waals surface area contributed by atoms with Gasteiger partial charge >= 0.3 is 5.97 Å². The lowest BCUT2D eigenvalue weighted by atomic mass is 10.0. The smallest absolute Gasteiger partial charge is 0.336 e. The first kappa shape index (κ1) is 18.6. The SMILES string of the molecule is CC=CC=C(C(=O)O)c1ccc(-c2cnc(CCCCC)nc2)cc1. The van der Waals surface area contributed by atoms with Crippen LogP contribution in [0.2, 0.25) is 0 Å². The molecule has 0 aliphatic rings. The van der Waals surface area contributed by atoms with E-state index in [0.717, 1.165) is 29.8 Å². The van der Waals surface area contributed by atoms with Crippen LogP contribution >= 0.6 is 0 Å². The molecular formula is C21H24N2O2. The second-order valence-electron chi connectivity index (χ2n) is 5.83. The number of hydrogen-bond donors (Lipinski definition) is 1. The van der Waals surface area contributed by atoms with Crippen molar-refractivity contribution < 1.29 is 9.90 Å². The highest BCUT2D eigenvalue weighted by Crippen LogP contribution is 2.22. The predicted octanol–water partition coefficient (Wildman–Crippen LogP) is 4.92. The van der Waals surface area contributed by atoms with Crippen molar-refractivity contribution in [3.05, 3.63) is 66.3 Å². The Morgan fingerprint density at radius 3 is 2.32 bits per heavy atom. The number of rotatable bonds is 8. The molecule has 0 fully saturated rings. The van der Waals surface area contributed by atoms with Crippen LogP contribution in [0.5, 0.6) is 0 Å². The van der Waals surface area contributed by atoms with Gasteiger partial charge in [0.2, 0.25) is 0 Å². The molecule has 4 heteroatoms. The van der Waals surface area contributed by atoms with Crippen molar-refractivity contribution >= 4 is 11.5 Å². The van der Waals surface area contributed by atoms with Crippen LogP contribution in [0.4, 0.5) is 0 Å². The van der Waals surface area contributed by atoms with Crippen LogP contribution in [0, 0.1) is 0 Å². The van der Waals surface area contributed by atoms with Gasteiger partial charge in [-0.3, -0.25) is 0 Å². The second kappa shape index (κ2) is 9.52. The Labute approximate surface area is 149 Å². The van der Waals surface area contributed by atoms with Gasteiger partial charge in [0.25, 0.3) is 0 Å². The number of allylic oxidation sites excluding steroid dienone is 3. The first-order chi connectivity index (χ1) is 12.2. The number of unbranched alkanes of at least 4 members (excludes halogenated alkanes) is 2. The van der Waals surface area contributed by atoms with E-state index in [4.69, 9.17) is 0 Å². The van der Waals surface area contributed by atoms with Gasteiger partial charge in [-0.15, -0.1) is 0 Å². The Bertz CT molecular complexity index is 744. The van der Waals surface area contributed by atoms with Crippen molar-refractivity contribution in [3.63, 3.8) is 0 Å². The zero-order valence-corrected chi connectivity index (χ0v) is 14.8. The second-order valence-corrected chi connectivity index (χ2v) is 5.83. The summed E-state index contributed by atoms with van der Waals surface area (Å²) in [6, 6.07) is 7.43. The van der Waals surface area contributed by atoms with Crippen molar-refractivity contribution in [1.82, 2.24) is 9.97 Å². The number of carbonyl (C=O) groups is 1. The molecule has 2 aromatic rings. The molecular weight excluding hydrogens is 312 g/mol. The summed E-state index contributed by atoms with van der Waals surface area (Å²) < 4.78 is 0. The molecule has 1 aromatic heterocycles. The third-order valence-electron chi connectivity index (χ3n) is 3.92. The van der Waals surface area contributed by atoms with Gasteiger partial charge in [-0.25, -0.2) is 14.8 Å². The first-order valence-corrected chi connectivity index (χ1v) is 8.63.